The maximum Gasteiger partial charge on any atom is 0.262 e. The fraction of sp³-hybridized carbons (Fsp3) is 0.278. The number of ether oxygens (including phenoxy) is 1. The Labute approximate surface area is 145 Å². The van der Waals surface area contributed by atoms with Crippen molar-refractivity contribution in [3.8, 4) is 5.75 Å². The van der Waals surface area contributed by atoms with Crippen LogP contribution in [0.4, 0.5) is 5.69 Å². The number of halogens is 1. The molecule has 0 saturated heterocycles. The highest BCUT2D eigenvalue weighted by molar-refractivity contribution is 14.1. The Balaban J connectivity index is 1.99. The summed E-state index contributed by atoms with van der Waals surface area (Å²) in [6, 6.07) is 15.6. The molecule has 2 aromatic rings. The van der Waals surface area contributed by atoms with Crippen molar-refractivity contribution < 1.29 is 9.53 Å². The summed E-state index contributed by atoms with van der Waals surface area (Å²) in [5.74, 6) is 1.05. The molecule has 22 heavy (non-hydrogen) atoms. The monoisotopic (exact) mass is 409 g/mol. The van der Waals surface area contributed by atoms with Crippen molar-refractivity contribution in [3.63, 3.8) is 0 Å². The van der Waals surface area contributed by atoms with Gasteiger partial charge in [-0.15, -0.1) is 0 Å². The van der Waals surface area contributed by atoms with Gasteiger partial charge in [0.15, 0.2) is 6.61 Å². The van der Waals surface area contributed by atoms with E-state index in [1.165, 1.54) is 0 Å². The summed E-state index contributed by atoms with van der Waals surface area (Å²) in [4.78, 5) is 12.0. The number of para-hydroxylation sites is 2. The van der Waals surface area contributed by atoms with E-state index in [1.807, 2.05) is 42.5 Å². The molecule has 1 atom stereocenters. The van der Waals surface area contributed by atoms with Gasteiger partial charge in [0.25, 0.3) is 5.91 Å². The van der Waals surface area contributed by atoms with Gasteiger partial charge in [0.05, 0.1) is 5.69 Å². The second-order valence-corrected chi connectivity index (χ2v) is 6.33. The summed E-state index contributed by atoms with van der Waals surface area (Å²) in [5, 5.41) is 2.87. The van der Waals surface area contributed by atoms with Crippen molar-refractivity contribution >= 4 is 34.2 Å². The van der Waals surface area contributed by atoms with Crippen molar-refractivity contribution in [2.24, 2.45) is 0 Å². The van der Waals surface area contributed by atoms with Crippen LogP contribution in [-0.4, -0.2) is 12.5 Å². The number of amides is 1. The summed E-state index contributed by atoms with van der Waals surface area (Å²) in [6.07, 6.45) is 1.04. The number of rotatable bonds is 6. The Bertz CT molecular complexity index is 642. The Morgan fingerprint density at radius 2 is 1.86 bits per heavy atom. The van der Waals surface area contributed by atoms with E-state index >= 15 is 0 Å². The van der Waals surface area contributed by atoms with Crippen LogP contribution in [-0.2, 0) is 4.79 Å². The van der Waals surface area contributed by atoms with Crippen molar-refractivity contribution in [3.05, 3.63) is 57.7 Å². The molecule has 0 aliphatic carbocycles. The molecule has 1 amide bonds. The topological polar surface area (TPSA) is 38.3 Å². The smallest absolute Gasteiger partial charge is 0.262 e. The summed E-state index contributed by atoms with van der Waals surface area (Å²) >= 11 is 2.20. The number of anilines is 1. The van der Waals surface area contributed by atoms with Gasteiger partial charge in [-0.1, -0.05) is 44.2 Å². The highest BCUT2D eigenvalue weighted by atomic mass is 127. The molecule has 1 N–H and O–H groups in total. The second-order valence-electron chi connectivity index (χ2n) is 5.16. The maximum atomic E-state index is 12.0. The average Bonchev–Trinajstić information content (AvgIpc) is 2.54. The molecule has 0 spiro atoms. The first kappa shape index (κ1) is 16.8. The van der Waals surface area contributed by atoms with E-state index in [2.05, 4.69) is 47.8 Å². The van der Waals surface area contributed by atoms with E-state index in [9.17, 15) is 4.79 Å². The van der Waals surface area contributed by atoms with Crippen LogP contribution in [0, 0.1) is 3.57 Å². The van der Waals surface area contributed by atoms with E-state index in [0.717, 1.165) is 27.0 Å². The van der Waals surface area contributed by atoms with E-state index in [1.54, 1.807) is 0 Å². The zero-order valence-electron chi connectivity index (χ0n) is 12.8. The Hall–Kier alpha value is -1.56. The fourth-order valence-corrected chi connectivity index (χ4v) is 2.65. The highest BCUT2D eigenvalue weighted by Crippen LogP contribution is 2.28. The summed E-state index contributed by atoms with van der Waals surface area (Å²) < 4.78 is 6.73. The van der Waals surface area contributed by atoms with E-state index in [0.29, 0.717) is 5.92 Å². The summed E-state index contributed by atoms with van der Waals surface area (Å²) in [7, 11) is 0. The third-order valence-electron chi connectivity index (χ3n) is 3.57. The molecule has 3 nitrogen and oxygen atoms in total. The molecule has 2 aromatic carbocycles. The Morgan fingerprint density at radius 3 is 2.59 bits per heavy atom. The van der Waals surface area contributed by atoms with Gasteiger partial charge in [0.1, 0.15) is 5.75 Å². The number of nitrogens with one attached hydrogen (secondary N) is 1. The van der Waals surface area contributed by atoms with Crippen LogP contribution in [0.2, 0.25) is 0 Å². The molecule has 116 valence electrons. The number of hydrogen-bond donors (Lipinski definition) is 1. The van der Waals surface area contributed by atoms with Gasteiger partial charge < -0.3 is 10.1 Å². The predicted octanol–water partition coefficient (Wildman–Crippen LogP) is 4.82. The van der Waals surface area contributed by atoms with Gasteiger partial charge >= 0.3 is 0 Å². The molecule has 0 bridgehead atoms. The van der Waals surface area contributed by atoms with Crippen molar-refractivity contribution in [1.29, 1.82) is 0 Å². The van der Waals surface area contributed by atoms with Crippen LogP contribution in [0.5, 0.6) is 5.75 Å². The molecular weight excluding hydrogens is 389 g/mol. The number of carbonyl (C=O) groups excluding carboxylic acids is 1. The quantitative estimate of drug-likeness (QED) is 0.695. The van der Waals surface area contributed by atoms with Gasteiger partial charge in [-0.2, -0.15) is 0 Å². The lowest BCUT2D eigenvalue weighted by Crippen LogP contribution is -2.21. The molecule has 4 heteroatoms. The molecule has 0 aliphatic rings. The zero-order chi connectivity index (χ0) is 15.9. The maximum absolute atomic E-state index is 12.0. The first-order chi connectivity index (χ1) is 10.6. The van der Waals surface area contributed by atoms with Crippen molar-refractivity contribution in [2.75, 3.05) is 11.9 Å². The number of hydrogen-bond acceptors (Lipinski definition) is 2. The third-order valence-corrected chi connectivity index (χ3v) is 4.51. The van der Waals surface area contributed by atoms with Crippen molar-refractivity contribution in [2.45, 2.75) is 26.2 Å². The molecule has 1 unspecified atom stereocenters. The minimum Gasteiger partial charge on any atom is -0.483 e. The van der Waals surface area contributed by atoms with Gasteiger partial charge in [-0.3, -0.25) is 4.79 Å². The van der Waals surface area contributed by atoms with E-state index in [-0.39, 0.29) is 12.5 Å². The second kappa shape index (κ2) is 8.17. The molecule has 0 radical (unpaired) electrons. The molecule has 0 aromatic heterocycles. The summed E-state index contributed by atoms with van der Waals surface area (Å²) in [5.41, 5.74) is 1.96. The highest BCUT2D eigenvalue weighted by Gasteiger charge is 2.11. The molecule has 2 rings (SSSR count). The van der Waals surface area contributed by atoms with Gasteiger partial charge in [-0.25, -0.2) is 0 Å². The zero-order valence-corrected chi connectivity index (χ0v) is 15.0. The molecule has 0 aliphatic heterocycles. The van der Waals surface area contributed by atoms with Crippen LogP contribution in [0.3, 0.4) is 0 Å². The fourth-order valence-electron chi connectivity index (χ4n) is 2.13. The average molecular weight is 409 g/mol. The Morgan fingerprint density at radius 1 is 1.18 bits per heavy atom. The summed E-state index contributed by atoms with van der Waals surface area (Å²) in [6.45, 7) is 4.32. The molecule has 0 heterocycles. The normalized spacial score (nSPS) is 11.8. The number of benzene rings is 2. The van der Waals surface area contributed by atoms with Gasteiger partial charge in [0.2, 0.25) is 0 Å². The Kier molecular flexibility index (Phi) is 6.24. The lowest BCUT2D eigenvalue weighted by molar-refractivity contribution is -0.118. The first-order valence-electron chi connectivity index (χ1n) is 7.38. The van der Waals surface area contributed by atoms with E-state index in [4.69, 9.17) is 4.74 Å². The first-order valence-corrected chi connectivity index (χ1v) is 8.45. The van der Waals surface area contributed by atoms with Gasteiger partial charge in [0, 0.05) is 3.57 Å². The van der Waals surface area contributed by atoms with Crippen LogP contribution < -0.4 is 10.1 Å². The minimum absolute atomic E-state index is 0.0123. The number of carbonyl (C=O) groups is 1. The van der Waals surface area contributed by atoms with Crippen LogP contribution in [0.25, 0.3) is 0 Å². The lowest BCUT2D eigenvalue weighted by atomic mass is 9.98. The standard InChI is InChI=1S/C18H20INO2/c1-3-13(2)14-8-4-7-11-17(14)22-12-18(21)20-16-10-6-5-9-15(16)19/h4-11,13H,3,12H2,1-2H3,(H,20,21). The van der Waals surface area contributed by atoms with Crippen molar-refractivity contribution in [1.82, 2.24) is 0 Å². The minimum atomic E-state index is -0.150. The van der Waals surface area contributed by atoms with Crippen LogP contribution in [0.15, 0.2) is 48.5 Å². The third kappa shape index (κ3) is 4.47. The van der Waals surface area contributed by atoms with Crippen LogP contribution in [0.1, 0.15) is 31.7 Å². The largest absolute Gasteiger partial charge is 0.483 e. The van der Waals surface area contributed by atoms with Crippen LogP contribution >= 0.6 is 22.6 Å². The molecule has 0 fully saturated rings. The van der Waals surface area contributed by atoms with E-state index < -0.39 is 0 Å². The molecule has 0 saturated carbocycles. The van der Waals surface area contributed by atoms with Gasteiger partial charge in [-0.05, 0) is 58.7 Å². The lowest BCUT2D eigenvalue weighted by Gasteiger charge is -2.15. The molecular formula is C18H20INO2. The SMILES string of the molecule is CCC(C)c1ccccc1OCC(=O)Nc1ccccc1I. The predicted molar refractivity (Wildman–Crippen MR) is 98.4 cm³/mol.